The minimum Gasteiger partial charge on any atom is -0.353 e. The van der Waals surface area contributed by atoms with Crippen molar-refractivity contribution >= 4 is 5.91 Å². The predicted octanol–water partition coefficient (Wildman–Crippen LogP) is 3.15. The first-order chi connectivity index (χ1) is 9.45. The van der Waals surface area contributed by atoms with Gasteiger partial charge in [0.25, 0.3) is 0 Å². The van der Waals surface area contributed by atoms with Crippen molar-refractivity contribution in [3.63, 3.8) is 0 Å². The fourth-order valence-electron chi connectivity index (χ4n) is 3.14. The first kappa shape index (κ1) is 15.1. The summed E-state index contributed by atoms with van der Waals surface area (Å²) in [6, 6.07) is 2.55. The van der Waals surface area contributed by atoms with Gasteiger partial charge in [-0.2, -0.15) is 5.10 Å². The van der Waals surface area contributed by atoms with Gasteiger partial charge in [-0.15, -0.1) is 0 Å². The summed E-state index contributed by atoms with van der Waals surface area (Å²) in [6.45, 7) is 8.38. The molecule has 1 aromatic rings. The molecular formula is C16H27N3O. The third kappa shape index (κ3) is 3.84. The van der Waals surface area contributed by atoms with Crippen molar-refractivity contribution in [3.8, 4) is 0 Å². The molecule has 1 amide bonds. The van der Waals surface area contributed by atoms with Crippen LogP contribution in [0.5, 0.6) is 0 Å². The molecule has 1 N–H and O–H groups in total. The first-order valence-corrected chi connectivity index (χ1v) is 7.78. The number of aromatic nitrogens is 2. The summed E-state index contributed by atoms with van der Waals surface area (Å²) in [5, 5.41) is 7.64. The lowest BCUT2D eigenvalue weighted by Crippen LogP contribution is -2.38. The number of rotatable bonds is 4. The van der Waals surface area contributed by atoms with Gasteiger partial charge in [0.15, 0.2) is 0 Å². The molecule has 0 aliphatic heterocycles. The maximum atomic E-state index is 12.1. The van der Waals surface area contributed by atoms with Crippen LogP contribution in [-0.4, -0.2) is 21.7 Å². The van der Waals surface area contributed by atoms with Crippen molar-refractivity contribution < 1.29 is 4.79 Å². The Morgan fingerprint density at radius 3 is 2.60 bits per heavy atom. The lowest BCUT2D eigenvalue weighted by atomic mass is 9.87. The van der Waals surface area contributed by atoms with Gasteiger partial charge >= 0.3 is 0 Å². The van der Waals surface area contributed by atoms with E-state index in [0.717, 1.165) is 30.1 Å². The number of hydrogen-bond acceptors (Lipinski definition) is 2. The zero-order chi connectivity index (χ0) is 14.7. The third-order valence-electron chi connectivity index (χ3n) is 4.32. The number of carbonyl (C=O) groups is 1. The molecule has 1 atom stereocenters. The Morgan fingerprint density at radius 1 is 1.40 bits per heavy atom. The maximum absolute atomic E-state index is 12.1. The van der Waals surface area contributed by atoms with Crippen LogP contribution < -0.4 is 5.32 Å². The van der Waals surface area contributed by atoms with Crippen LogP contribution >= 0.6 is 0 Å². The normalized spacial score (nSPS) is 24.4. The van der Waals surface area contributed by atoms with Crippen LogP contribution in [0.15, 0.2) is 6.07 Å². The molecule has 1 aliphatic rings. The zero-order valence-corrected chi connectivity index (χ0v) is 13.1. The molecule has 1 aromatic heterocycles. The SMILES string of the molecule is Cc1cc(C)n([C@H](C)CC(=O)NC2CCC(C)CC2)n1. The van der Waals surface area contributed by atoms with Gasteiger partial charge < -0.3 is 5.32 Å². The number of aryl methyl sites for hydroxylation is 2. The minimum absolute atomic E-state index is 0.117. The molecule has 0 unspecified atom stereocenters. The summed E-state index contributed by atoms with van der Waals surface area (Å²) in [6.07, 6.45) is 5.23. The smallest absolute Gasteiger partial charge is 0.222 e. The molecule has 0 saturated heterocycles. The highest BCUT2D eigenvalue weighted by Crippen LogP contribution is 2.23. The van der Waals surface area contributed by atoms with Gasteiger partial charge in [-0.25, -0.2) is 0 Å². The summed E-state index contributed by atoms with van der Waals surface area (Å²) in [7, 11) is 0. The summed E-state index contributed by atoms with van der Waals surface area (Å²) in [5.41, 5.74) is 2.13. The quantitative estimate of drug-likeness (QED) is 0.919. The fraction of sp³-hybridized carbons (Fsp3) is 0.750. The monoisotopic (exact) mass is 277 g/mol. The Labute approximate surface area is 121 Å². The van der Waals surface area contributed by atoms with Crippen LogP contribution in [-0.2, 0) is 4.79 Å². The molecule has 2 rings (SSSR count). The van der Waals surface area contributed by atoms with Crippen molar-refractivity contribution in [2.24, 2.45) is 5.92 Å². The van der Waals surface area contributed by atoms with E-state index in [4.69, 9.17) is 0 Å². The second-order valence-electron chi connectivity index (χ2n) is 6.45. The van der Waals surface area contributed by atoms with Gasteiger partial charge in [0.1, 0.15) is 0 Å². The topological polar surface area (TPSA) is 46.9 Å². The van der Waals surface area contributed by atoms with E-state index in [1.54, 1.807) is 0 Å². The summed E-state index contributed by atoms with van der Waals surface area (Å²) in [5.74, 6) is 0.974. The van der Waals surface area contributed by atoms with Gasteiger partial charge in [0.2, 0.25) is 5.91 Å². The molecule has 0 bridgehead atoms. The largest absolute Gasteiger partial charge is 0.353 e. The Kier molecular flexibility index (Phi) is 4.84. The van der Waals surface area contributed by atoms with Crippen molar-refractivity contribution in [2.75, 3.05) is 0 Å². The standard InChI is InChI=1S/C16H27N3O/c1-11-5-7-15(8-6-11)17-16(20)10-14(4)19-13(3)9-12(2)18-19/h9,11,14-15H,5-8,10H2,1-4H3,(H,17,20)/t11?,14-,15?/m1/s1. The van der Waals surface area contributed by atoms with Crippen LogP contribution in [0.25, 0.3) is 0 Å². The van der Waals surface area contributed by atoms with Gasteiger partial charge in [-0.05, 0) is 58.4 Å². The van der Waals surface area contributed by atoms with Gasteiger partial charge in [0, 0.05) is 18.2 Å². The molecule has 4 heteroatoms. The van der Waals surface area contributed by atoms with E-state index in [-0.39, 0.29) is 11.9 Å². The van der Waals surface area contributed by atoms with E-state index in [0.29, 0.717) is 12.5 Å². The van der Waals surface area contributed by atoms with Gasteiger partial charge in [0.05, 0.1) is 11.7 Å². The van der Waals surface area contributed by atoms with Gasteiger partial charge in [-0.3, -0.25) is 9.48 Å². The molecule has 1 fully saturated rings. The molecule has 1 heterocycles. The van der Waals surface area contributed by atoms with Crippen LogP contribution in [0.3, 0.4) is 0 Å². The average molecular weight is 277 g/mol. The number of carbonyl (C=O) groups excluding carboxylic acids is 1. The fourth-order valence-corrected chi connectivity index (χ4v) is 3.14. The molecule has 20 heavy (non-hydrogen) atoms. The van der Waals surface area contributed by atoms with Crippen LogP contribution in [0.1, 0.15) is 63.4 Å². The number of hydrogen-bond donors (Lipinski definition) is 1. The Balaban J connectivity index is 1.83. The molecule has 0 aromatic carbocycles. The second-order valence-corrected chi connectivity index (χ2v) is 6.45. The molecule has 112 valence electrons. The van der Waals surface area contributed by atoms with Crippen LogP contribution in [0.4, 0.5) is 0 Å². The van der Waals surface area contributed by atoms with E-state index in [1.807, 2.05) is 18.5 Å². The van der Waals surface area contributed by atoms with Crippen molar-refractivity contribution in [1.29, 1.82) is 0 Å². The van der Waals surface area contributed by atoms with E-state index < -0.39 is 0 Å². The van der Waals surface area contributed by atoms with Gasteiger partial charge in [-0.1, -0.05) is 6.92 Å². The summed E-state index contributed by atoms with van der Waals surface area (Å²) < 4.78 is 1.96. The maximum Gasteiger partial charge on any atom is 0.222 e. The molecular weight excluding hydrogens is 250 g/mol. The highest BCUT2D eigenvalue weighted by atomic mass is 16.1. The number of nitrogens with zero attached hydrogens (tertiary/aromatic N) is 2. The Hall–Kier alpha value is -1.32. The molecule has 0 radical (unpaired) electrons. The van der Waals surface area contributed by atoms with E-state index in [9.17, 15) is 4.79 Å². The average Bonchev–Trinajstić information content (AvgIpc) is 2.71. The van der Waals surface area contributed by atoms with Crippen molar-refractivity contribution in [1.82, 2.24) is 15.1 Å². The Bertz CT molecular complexity index is 458. The lowest BCUT2D eigenvalue weighted by Gasteiger charge is -2.27. The molecule has 0 spiro atoms. The lowest BCUT2D eigenvalue weighted by molar-refractivity contribution is -0.122. The minimum atomic E-state index is 0.117. The van der Waals surface area contributed by atoms with Crippen LogP contribution in [0.2, 0.25) is 0 Å². The molecule has 1 aliphatic carbocycles. The number of amides is 1. The van der Waals surface area contributed by atoms with E-state index in [2.05, 4.69) is 30.3 Å². The van der Waals surface area contributed by atoms with Crippen molar-refractivity contribution in [2.45, 2.75) is 71.9 Å². The third-order valence-corrected chi connectivity index (χ3v) is 4.32. The summed E-state index contributed by atoms with van der Waals surface area (Å²) >= 11 is 0. The highest BCUT2D eigenvalue weighted by molar-refractivity contribution is 5.76. The molecule has 1 saturated carbocycles. The first-order valence-electron chi connectivity index (χ1n) is 7.78. The van der Waals surface area contributed by atoms with E-state index in [1.165, 1.54) is 12.8 Å². The molecule has 4 nitrogen and oxygen atoms in total. The zero-order valence-electron chi connectivity index (χ0n) is 13.1. The number of nitrogens with one attached hydrogen (secondary N) is 1. The van der Waals surface area contributed by atoms with E-state index >= 15 is 0 Å². The highest BCUT2D eigenvalue weighted by Gasteiger charge is 2.21. The summed E-state index contributed by atoms with van der Waals surface area (Å²) in [4.78, 5) is 12.1. The predicted molar refractivity (Wildman–Crippen MR) is 80.6 cm³/mol. The Morgan fingerprint density at radius 2 is 2.05 bits per heavy atom. The van der Waals surface area contributed by atoms with Crippen molar-refractivity contribution in [3.05, 3.63) is 17.5 Å². The van der Waals surface area contributed by atoms with Crippen LogP contribution in [0, 0.1) is 19.8 Å². The second kappa shape index (κ2) is 6.42.